The van der Waals surface area contributed by atoms with E-state index in [0.717, 1.165) is 0 Å². The summed E-state index contributed by atoms with van der Waals surface area (Å²) >= 11 is 0. The van der Waals surface area contributed by atoms with Crippen LogP contribution >= 0.6 is 0 Å². The second kappa shape index (κ2) is 6.56. The molecular weight excluding hydrogens is 376 g/mol. The highest BCUT2D eigenvalue weighted by atomic mass is 16.7. The highest BCUT2D eigenvalue weighted by Gasteiger charge is 2.31. The number of fused-ring (bicyclic) bond motifs is 2. The summed E-state index contributed by atoms with van der Waals surface area (Å²) in [6, 6.07) is 11.4. The van der Waals surface area contributed by atoms with Crippen LogP contribution in [0.5, 0.6) is 23.0 Å². The molecule has 7 nitrogen and oxygen atoms in total. The number of rotatable bonds is 3. The van der Waals surface area contributed by atoms with Crippen LogP contribution in [0.2, 0.25) is 0 Å². The standard InChI is InChI=1S/C22H14O7/c1-12-16(29-22(24)13-4-6-17-18(9-13)27-11-26-17)7-5-15-20(23)19(28-21(12)15)10-14-3-2-8-25-14/h2-10H,11H2,1H3. The molecule has 3 heterocycles. The first-order valence-electron chi connectivity index (χ1n) is 8.83. The molecule has 5 rings (SSSR count). The molecular formula is C22H14O7. The van der Waals surface area contributed by atoms with Gasteiger partial charge in [0.15, 0.2) is 17.3 Å². The van der Waals surface area contributed by atoms with E-state index in [9.17, 15) is 9.59 Å². The number of carbonyl (C=O) groups excluding carboxylic acids is 2. The fourth-order valence-corrected chi connectivity index (χ4v) is 3.16. The van der Waals surface area contributed by atoms with Crippen LogP contribution in [0.25, 0.3) is 6.08 Å². The Hall–Kier alpha value is -4.00. The third-order valence-corrected chi connectivity index (χ3v) is 4.66. The number of allylic oxidation sites excluding steroid dienone is 1. The third-order valence-electron chi connectivity index (χ3n) is 4.66. The Balaban J connectivity index is 1.41. The van der Waals surface area contributed by atoms with Crippen molar-refractivity contribution >= 4 is 17.8 Å². The number of esters is 1. The first-order chi connectivity index (χ1) is 14.1. The number of ether oxygens (including phenoxy) is 4. The van der Waals surface area contributed by atoms with E-state index in [1.54, 1.807) is 49.4 Å². The monoisotopic (exact) mass is 390 g/mol. The van der Waals surface area contributed by atoms with E-state index in [1.807, 2.05) is 0 Å². The highest BCUT2D eigenvalue weighted by Crippen LogP contribution is 2.40. The Morgan fingerprint density at radius 3 is 2.79 bits per heavy atom. The first-order valence-corrected chi connectivity index (χ1v) is 8.83. The maximum atomic E-state index is 12.6. The Labute approximate surface area is 165 Å². The molecule has 0 saturated carbocycles. The summed E-state index contributed by atoms with van der Waals surface area (Å²) in [7, 11) is 0. The van der Waals surface area contributed by atoms with E-state index in [2.05, 4.69) is 0 Å². The van der Waals surface area contributed by atoms with E-state index in [1.165, 1.54) is 12.3 Å². The minimum atomic E-state index is -0.554. The zero-order valence-electron chi connectivity index (χ0n) is 15.3. The van der Waals surface area contributed by atoms with Crippen LogP contribution < -0.4 is 18.9 Å². The molecule has 7 heteroatoms. The predicted octanol–water partition coefficient (Wildman–Crippen LogP) is 4.15. The van der Waals surface area contributed by atoms with Gasteiger partial charge >= 0.3 is 5.97 Å². The lowest BCUT2D eigenvalue weighted by atomic mass is 10.1. The molecule has 2 aliphatic rings. The molecule has 0 radical (unpaired) electrons. The molecule has 0 aliphatic carbocycles. The number of carbonyl (C=O) groups is 2. The minimum Gasteiger partial charge on any atom is -0.465 e. The van der Waals surface area contributed by atoms with Gasteiger partial charge in [-0.15, -0.1) is 0 Å². The van der Waals surface area contributed by atoms with Gasteiger partial charge in [-0.05, 0) is 49.4 Å². The van der Waals surface area contributed by atoms with Crippen molar-refractivity contribution in [2.45, 2.75) is 6.92 Å². The number of Topliss-reactive ketones (excluding diaryl/α,β-unsaturated/α-hetero) is 1. The molecule has 1 aromatic heterocycles. The Morgan fingerprint density at radius 2 is 1.97 bits per heavy atom. The summed E-state index contributed by atoms with van der Waals surface area (Å²) < 4.78 is 27.0. The molecule has 0 unspecified atom stereocenters. The van der Waals surface area contributed by atoms with Crippen molar-refractivity contribution in [2.75, 3.05) is 6.79 Å². The van der Waals surface area contributed by atoms with Gasteiger partial charge in [-0.3, -0.25) is 4.79 Å². The van der Waals surface area contributed by atoms with Crippen LogP contribution in [0.1, 0.15) is 32.0 Å². The zero-order chi connectivity index (χ0) is 20.0. The summed E-state index contributed by atoms with van der Waals surface area (Å²) in [5.74, 6) is 1.59. The Bertz CT molecular complexity index is 1170. The molecule has 3 aromatic rings. The van der Waals surface area contributed by atoms with Gasteiger partial charge < -0.3 is 23.4 Å². The fourth-order valence-electron chi connectivity index (χ4n) is 3.16. The van der Waals surface area contributed by atoms with Crippen LogP contribution in [0.4, 0.5) is 0 Å². The number of hydrogen-bond donors (Lipinski definition) is 0. The largest absolute Gasteiger partial charge is 0.465 e. The maximum absolute atomic E-state index is 12.6. The van der Waals surface area contributed by atoms with Gasteiger partial charge in [0.05, 0.1) is 17.4 Å². The molecule has 0 N–H and O–H groups in total. The van der Waals surface area contributed by atoms with Gasteiger partial charge in [-0.25, -0.2) is 4.79 Å². The lowest BCUT2D eigenvalue weighted by Gasteiger charge is -2.10. The average molecular weight is 390 g/mol. The van der Waals surface area contributed by atoms with E-state index in [-0.39, 0.29) is 18.3 Å². The molecule has 0 spiro atoms. The highest BCUT2D eigenvalue weighted by molar-refractivity contribution is 6.14. The van der Waals surface area contributed by atoms with Crippen molar-refractivity contribution in [3.63, 3.8) is 0 Å². The molecule has 2 aliphatic heterocycles. The van der Waals surface area contributed by atoms with Crippen LogP contribution in [0.3, 0.4) is 0 Å². The smallest absolute Gasteiger partial charge is 0.343 e. The fraction of sp³-hybridized carbons (Fsp3) is 0.0909. The number of furan rings is 1. The maximum Gasteiger partial charge on any atom is 0.343 e. The van der Waals surface area contributed by atoms with Crippen LogP contribution in [0.15, 0.2) is 58.9 Å². The van der Waals surface area contributed by atoms with Crippen molar-refractivity contribution in [3.05, 3.63) is 76.9 Å². The van der Waals surface area contributed by atoms with Crippen molar-refractivity contribution in [2.24, 2.45) is 0 Å². The van der Waals surface area contributed by atoms with Crippen molar-refractivity contribution in [3.8, 4) is 23.0 Å². The van der Waals surface area contributed by atoms with Crippen molar-refractivity contribution in [1.29, 1.82) is 0 Å². The van der Waals surface area contributed by atoms with E-state index < -0.39 is 5.97 Å². The molecule has 144 valence electrons. The topological polar surface area (TPSA) is 84.2 Å². The van der Waals surface area contributed by atoms with Crippen LogP contribution in [0, 0.1) is 6.92 Å². The zero-order valence-corrected chi connectivity index (χ0v) is 15.3. The van der Waals surface area contributed by atoms with E-state index in [0.29, 0.717) is 45.4 Å². The summed E-state index contributed by atoms with van der Waals surface area (Å²) in [6.07, 6.45) is 3.04. The quantitative estimate of drug-likeness (QED) is 0.377. The summed E-state index contributed by atoms with van der Waals surface area (Å²) in [5, 5.41) is 0. The molecule has 0 amide bonds. The van der Waals surface area contributed by atoms with Gasteiger partial charge in [0.2, 0.25) is 12.6 Å². The second-order valence-electron chi connectivity index (χ2n) is 6.48. The van der Waals surface area contributed by atoms with Gasteiger partial charge in [-0.2, -0.15) is 0 Å². The molecule has 0 bridgehead atoms. The minimum absolute atomic E-state index is 0.122. The normalized spacial score (nSPS) is 15.3. The summed E-state index contributed by atoms with van der Waals surface area (Å²) in [4.78, 5) is 25.1. The number of hydrogen-bond acceptors (Lipinski definition) is 7. The van der Waals surface area contributed by atoms with Crippen LogP contribution in [-0.4, -0.2) is 18.5 Å². The Kier molecular flexibility index (Phi) is 3.87. The Morgan fingerprint density at radius 1 is 1.10 bits per heavy atom. The SMILES string of the molecule is Cc1c(OC(=O)c2ccc3c(c2)OCO3)ccc2c1OC(=Cc1ccco1)C2=O. The van der Waals surface area contributed by atoms with Gasteiger partial charge in [0, 0.05) is 11.6 Å². The second-order valence-corrected chi connectivity index (χ2v) is 6.48. The third kappa shape index (κ3) is 2.93. The van der Waals surface area contributed by atoms with Crippen LogP contribution in [-0.2, 0) is 0 Å². The van der Waals surface area contributed by atoms with Gasteiger partial charge in [0.25, 0.3) is 0 Å². The summed E-state index contributed by atoms with van der Waals surface area (Å²) in [6.45, 7) is 1.85. The lowest BCUT2D eigenvalue weighted by molar-refractivity contribution is 0.0732. The van der Waals surface area contributed by atoms with E-state index in [4.69, 9.17) is 23.4 Å². The molecule has 0 fully saturated rings. The number of ketones is 1. The number of benzene rings is 2. The molecule has 0 atom stereocenters. The van der Waals surface area contributed by atoms with E-state index >= 15 is 0 Å². The summed E-state index contributed by atoms with van der Waals surface area (Å²) in [5.41, 5.74) is 1.28. The molecule has 29 heavy (non-hydrogen) atoms. The van der Waals surface area contributed by atoms with Crippen molar-refractivity contribution in [1.82, 2.24) is 0 Å². The molecule has 2 aromatic carbocycles. The predicted molar refractivity (Wildman–Crippen MR) is 100 cm³/mol. The van der Waals surface area contributed by atoms with Crippen molar-refractivity contribution < 1.29 is 33.0 Å². The molecule has 0 saturated heterocycles. The first kappa shape index (κ1) is 17.1. The lowest BCUT2D eigenvalue weighted by Crippen LogP contribution is -2.09. The van der Waals surface area contributed by atoms with Gasteiger partial charge in [0.1, 0.15) is 17.3 Å². The average Bonchev–Trinajstić information content (AvgIpc) is 3.46. The van der Waals surface area contributed by atoms with Gasteiger partial charge in [-0.1, -0.05) is 0 Å².